The van der Waals surface area contributed by atoms with E-state index < -0.39 is 0 Å². The van der Waals surface area contributed by atoms with Gasteiger partial charge in [-0.2, -0.15) is 5.10 Å². The number of hydrogen-bond donors (Lipinski definition) is 0. The Kier molecular flexibility index (Phi) is 5.30. The number of nitrogens with zero attached hydrogens (tertiary/aromatic N) is 5. The van der Waals surface area contributed by atoms with Gasteiger partial charge < -0.3 is 9.64 Å². The van der Waals surface area contributed by atoms with E-state index in [1.54, 1.807) is 0 Å². The molecule has 0 atom stereocenters. The second-order valence-electron chi connectivity index (χ2n) is 8.29. The Morgan fingerprint density at radius 1 is 1.17 bits per heavy atom. The molecule has 2 saturated heterocycles. The van der Waals surface area contributed by atoms with E-state index in [2.05, 4.69) is 40.5 Å². The largest absolute Gasteiger partial charge is 0.378 e. The van der Waals surface area contributed by atoms with Gasteiger partial charge in [-0.25, -0.2) is 4.68 Å². The van der Waals surface area contributed by atoms with Crippen molar-refractivity contribution in [3.8, 4) is 0 Å². The number of ether oxygens (including phenoxy) is 1. The van der Waals surface area contributed by atoms with E-state index in [1.165, 1.54) is 10.9 Å². The Bertz CT molecular complexity index is 1140. The average Bonchev–Trinajstić information content (AvgIpc) is 3.09. The number of para-hydroxylation sites is 1. The molecule has 158 valence electrons. The number of fused-ring (bicyclic) bond motifs is 3. The van der Waals surface area contributed by atoms with Crippen LogP contribution < -0.4 is 0 Å². The van der Waals surface area contributed by atoms with Crippen molar-refractivity contribution in [2.45, 2.75) is 26.4 Å². The van der Waals surface area contributed by atoms with Crippen LogP contribution in [0.4, 0.5) is 0 Å². The van der Waals surface area contributed by atoms with Crippen LogP contribution in [0.2, 0.25) is 0 Å². The molecular formula is C22H27N5O2S. The number of carbonyl (C=O) groups is 1. The molecule has 7 nitrogen and oxygen atoms in total. The Morgan fingerprint density at radius 3 is 2.67 bits per heavy atom. The molecule has 0 bridgehead atoms. The zero-order valence-electron chi connectivity index (χ0n) is 17.3. The zero-order chi connectivity index (χ0) is 20.7. The molecule has 1 aromatic carbocycles. The molecule has 8 heteroatoms. The van der Waals surface area contributed by atoms with Crippen LogP contribution >= 0.6 is 12.2 Å². The molecule has 2 aliphatic heterocycles. The number of pyridine rings is 1. The molecule has 5 rings (SSSR count). The quantitative estimate of drug-likeness (QED) is 0.604. The van der Waals surface area contributed by atoms with Crippen LogP contribution in [0.15, 0.2) is 30.3 Å². The highest BCUT2D eigenvalue weighted by Crippen LogP contribution is 2.23. The summed E-state index contributed by atoms with van der Waals surface area (Å²) in [6.45, 7) is 7.31. The Hall–Kier alpha value is -2.29. The maximum Gasteiger partial charge on any atom is 0.225 e. The molecule has 1 amide bonds. The molecule has 2 aliphatic rings. The van der Waals surface area contributed by atoms with E-state index in [0.29, 0.717) is 30.6 Å². The topological polar surface area (TPSA) is 55.0 Å². The van der Waals surface area contributed by atoms with Crippen molar-refractivity contribution < 1.29 is 9.53 Å². The van der Waals surface area contributed by atoms with E-state index in [0.717, 1.165) is 50.2 Å². The van der Waals surface area contributed by atoms with Gasteiger partial charge in [-0.15, -0.1) is 0 Å². The van der Waals surface area contributed by atoms with E-state index in [4.69, 9.17) is 22.1 Å². The van der Waals surface area contributed by atoms with Gasteiger partial charge in [0.25, 0.3) is 0 Å². The van der Waals surface area contributed by atoms with Crippen LogP contribution in [0, 0.1) is 17.6 Å². The van der Waals surface area contributed by atoms with Gasteiger partial charge >= 0.3 is 0 Å². The second-order valence-corrected chi connectivity index (χ2v) is 8.66. The summed E-state index contributed by atoms with van der Waals surface area (Å²) in [5.74, 6) is 0.421. The molecule has 0 radical (unpaired) electrons. The van der Waals surface area contributed by atoms with Crippen LogP contribution in [-0.4, -0.2) is 69.3 Å². The fraction of sp³-hybridized carbons (Fsp3) is 0.500. The van der Waals surface area contributed by atoms with E-state index in [1.807, 2.05) is 15.6 Å². The number of aromatic nitrogens is 3. The second kappa shape index (κ2) is 8.09. The Balaban J connectivity index is 1.31. The average molecular weight is 426 g/mol. The lowest BCUT2D eigenvalue weighted by molar-refractivity contribution is -0.141. The summed E-state index contributed by atoms with van der Waals surface area (Å²) in [6, 6.07) is 10.4. The SMILES string of the molecule is Cc1cc2nn(CN3CCC(C(=O)N4CCOCC4)CC3)c(=S)n2c2ccccc12. The monoisotopic (exact) mass is 425 g/mol. The maximum atomic E-state index is 12.8. The Morgan fingerprint density at radius 2 is 1.90 bits per heavy atom. The summed E-state index contributed by atoms with van der Waals surface area (Å²) in [5, 5.41) is 5.99. The minimum Gasteiger partial charge on any atom is -0.378 e. The first-order valence-electron chi connectivity index (χ1n) is 10.7. The normalized spacial score (nSPS) is 19.0. The summed E-state index contributed by atoms with van der Waals surface area (Å²) in [5.41, 5.74) is 3.18. The Labute approximate surface area is 180 Å². The molecule has 2 fully saturated rings. The highest BCUT2D eigenvalue weighted by molar-refractivity contribution is 7.71. The van der Waals surface area contributed by atoms with Crippen molar-refractivity contribution >= 4 is 34.7 Å². The number of rotatable bonds is 3. The predicted octanol–water partition coefficient (Wildman–Crippen LogP) is 2.86. The van der Waals surface area contributed by atoms with Gasteiger partial charge in [0.05, 0.1) is 25.4 Å². The fourth-order valence-corrected chi connectivity index (χ4v) is 4.95. The number of likely N-dealkylation sites (tertiary alicyclic amines) is 1. The van der Waals surface area contributed by atoms with Crippen LogP contribution in [0.1, 0.15) is 18.4 Å². The van der Waals surface area contributed by atoms with Crippen molar-refractivity contribution in [3.05, 3.63) is 40.7 Å². The predicted molar refractivity (Wildman–Crippen MR) is 118 cm³/mol. The van der Waals surface area contributed by atoms with Crippen LogP contribution in [0.5, 0.6) is 0 Å². The van der Waals surface area contributed by atoms with Crippen molar-refractivity contribution in [2.75, 3.05) is 39.4 Å². The minimum absolute atomic E-state index is 0.125. The van der Waals surface area contributed by atoms with Crippen molar-refractivity contribution in [1.82, 2.24) is 24.0 Å². The number of benzene rings is 1. The molecule has 4 heterocycles. The lowest BCUT2D eigenvalue weighted by atomic mass is 9.95. The van der Waals surface area contributed by atoms with Gasteiger partial charge in [0.1, 0.15) is 0 Å². The van der Waals surface area contributed by atoms with E-state index >= 15 is 0 Å². The molecule has 3 aromatic rings. The summed E-state index contributed by atoms with van der Waals surface area (Å²) < 4.78 is 10.1. The maximum absolute atomic E-state index is 12.8. The van der Waals surface area contributed by atoms with Gasteiger partial charge in [-0.05, 0) is 49.7 Å². The third kappa shape index (κ3) is 3.53. The number of amides is 1. The molecule has 0 N–H and O–H groups in total. The minimum atomic E-state index is 0.125. The van der Waals surface area contributed by atoms with Crippen molar-refractivity contribution in [3.63, 3.8) is 0 Å². The van der Waals surface area contributed by atoms with Gasteiger partial charge in [0.15, 0.2) is 5.65 Å². The first-order valence-corrected chi connectivity index (χ1v) is 11.1. The van der Waals surface area contributed by atoms with Crippen LogP contribution in [0.3, 0.4) is 0 Å². The standard InChI is InChI=1S/C22H27N5O2S/c1-16-14-20-23-26(22(30)27(20)19-5-3-2-4-18(16)19)15-24-8-6-17(7-9-24)21(28)25-10-12-29-13-11-25/h2-5,14,17H,6-13,15H2,1H3. The molecule has 0 spiro atoms. The van der Waals surface area contributed by atoms with Gasteiger partial charge in [-0.1, -0.05) is 18.2 Å². The van der Waals surface area contributed by atoms with E-state index in [-0.39, 0.29) is 5.92 Å². The molecule has 30 heavy (non-hydrogen) atoms. The molecule has 0 unspecified atom stereocenters. The zero-order valence-corrected chi connectivity index (χ0v) is 18.1. The number of carbonyl (C=O) groups excluding carboxylic acids is 1. The third-order valence-electron chi connectivity index (χ3n) is 6.37. The molecular weight excluding hydrogens is 398 g/mol. The molecule has 0 saturated carbocycles. The van der Waals surface area contributed by atoms with Gasteiger partial charge in [-0.3, -0.25) is 14.1 Å². The molecule has 0 aliphatic carbocycles. The highest BCUT2D eigenvalue weighted by atomic mass is 32.1. The third-order valence-corrected chi connectivity index (χ3v) is 6.77. The summed E-state index contributed by atoms with van der Waals surface area (Å²) in [7, 11) is 0. The number of morpholine rings is 1. The van der Waals surface area contributed by atoms with Crippen LogP contribution in [-0.2, 0) is 16.2 Å². The first kappa shape index (κ1) is 19.7. The summed E-state index contributed by atoms with van der Waals surface area (Å²) in [4.78, 5) is 17.1. The lowest BCUT2D eigenvalue weighted by Gasteiger charge is -2.35. The summed E-state index contributed by atoms with van der Waals surface area (Å²) >= 11 is 5.78. The van der Waals surface area contributed by atoms with E-state index in [9.17, 15) is 4.79 Å². The van der Waals surface area contributed by atoms with Crippen molar-refractivity contribution in [1.29, 1.82) is 0 Å². The number of piperidine rings is 1. The van der Waals surface area contributed by atoms with Crippen molar-refractivity contribution in [2.24, 2.45) is 5.92 Å². The molecule has 2 aromatic heterocycles. The smallest absolute Gasteiger partial charge is 0.225 e. The fourth-order valence-electron chi connectivity index (χ4n) is 4.66. The lowest BCUT2D eigenvalue weighted by Crippen LogP contribution is -2.47. The highest BCUT2D eigenvalue weighted by Gasteiger charge is 2.29. The van der Waals surface area contributed by atoms with Crippen LogP contribution in [0.25, 0.3) is 16.6 Å². The number of aryl methyl sites for hydroxylation is 1. The number of hydrogen-bond acceptors (Lipinski definition) is 5. The first-order chi connectivity index (χ1) is 14.6. The summed E-state index contributed by atoms with van der Waals surface area (Å²) in [6.07, 6.45) is 1.78. The van der Waals surface area contributed by atoms with Gasteiger partial charge in [0, 0.05) is 37.5 Å². The van der Waals surface area contributed by atoms with Gasteiger partial charge in [0.2, 0.25) is 10.7 Å².